The molecule has 0 unspecified atom stereocenters. The van der Waals surface area contributed by atoms with Gasteiger partial charge in [0.1, 0.15) is 0 Å². The Labute approximate surface area is 446 Å². The summed E-state index contributed by atoms with van der Waals surface area (Å²) >= 11 is 0. The molecular formula is C76H52. The van der Waals surface area contributed by atoms with Crippen molar-refractivity contribution in [3.8, 4) is 111 Å². The van der Waals surface area contributed by atoms with Crippen LogP contribution >= 0.6 is 0 Å². The Morgan fingerprint density at radius 1 is 0.184 bits per heavy atom. The molecule has 0 fully saturated rings. The molecule has 0 saturated heterocycles. The average molecular weight is 965 g/mol. The number of fused-ring (bicyclic) bond motifs is 13. The maximum atomic E-state index is 2.40. The van der Waals surface area contributed by atoms with Crippen LogP contribution in [0.1, 0.15) is 47.2 Å². The lowest BCUT2D eigenvalue weighted by molar-refractivity contribution is 0.660. The fourth-order valence-corrected chi connectivity index (χ4v) is 13.6. The molecule has 15 rings (SSSR count). The average Bonchev–Trinajstić information content (AvgIpc) is 4.07. The molecule has 0 atom stereocenters. The van der Waals surface area contributed by atoms with Gasteiger partial charge in [-0.3, -0.25) is 0 Å². The highest BCUT2D eigenvalue weighted by molar-refractivity contribution is 6.00. The summed E-state index contributed by atoms with van der Waals surface area (Å²) in [6.45, 7) is 4.71. The standard InChI is InChI=1S/C76H52/c1-75(2)67-36-10-8-32-65(67)73-61(34-18-40-71(73)75)56-28-16-24-52(44-56)50-22-14-26-54(42-50)59-46-58(49-20-4-3-5-21-49)47-60(48-59)55-27-15-23-51(43-55)53-25-17-29-57(45-53)62-35-19-41-72-74(62)66-33-9-13-39-70(66)76(72)68-37-11-6-30-63(68)64-31-7-12-38-69(64)76/h3-48H,1-2H3. The van der Waals surface area contributed by atoms with E-state index >= 15 is 0 Å². The summed E-state index contributed by atoms with van der Waals surface area (Å²) in [7, 11) is 0. The van der Waals surface area contributed by atoms with Crippen LogP contribution < -0.4 is 0 Å². The Kier molecular flexibility index (Phi) is 9.94. The van der Waals surface area contributed by atoms with Crippen molar-refractivity contribution in [1.82, 2.24) is 0 Å². The molecule has 0 radical (unpaired) electrons. The highest BCUT2D eigenvalue weighted by Crippen LogP contribution is 2.64. The van der Waals surface area contributed by atoms with Crippen molar-refractivity contribution in [2.45, 2.75) is 24.7 Å². The van der Waals surface area contributed by atoms with E-state index in [2.05, 4.69) is 293 Å². The molecule has 3 aliphatic carbocycles. The third-order valence-electron chi connectivity index (χ3n) is 17.1. The first-order valence-electron chi connectivity index (χ1n) is 26.7. The van der Waals surface area contributed by atoms with Crippen LogP contribution in [0.5, 0.6) is 0 Å². The van der Waals surface area contributed by atoms with Crippen molar-refractivity contribution in [1.29, 1.82) is 0 Å². The summed E-state index contributed by atoms with van der Waals surface area (Å²) in [6.07, 6.45) is 0. The monoisotopic (exact) mass is 964 g/mol. The first-order valence-corrected chi connectivity index (χ1v) is 26.7. The van der Waals surface area contributed by atoms with E-state index in [1.54, 1.807) is 0 Å². The molecule has 0 saturated carbocycles. The predicted molar refractivity (Wildman–Crippen MR) is 318 cm³/mol. The molecule has 0 nitrogen and oxygen atoms in total. The fourth-order valence-electron chi connectivity index (χ4n) is 13.6. The second-order valence-corrected chi connectivity index (χ2v) is 21.5. The first kappa shape index (κ1) is 44.2. The van der Waals surface area contributed by atoms with E-state index < -0.39 is 0 Å². The van der Waals surface area contributed by atoms with E-state index in [1.807, 2.05) is 0 Å². The summed E-state index contributed by atoms with van der Waals surface area (Å²) in [6, 6.07) is 104. The summed E-state index contributed by atoms with van der Waals surface area (Å²) in [5.41, 5.74) is 32.7. The zero-order chi connectivity index (χ0) is 50.5. The van der Waals surface area contributed by atoms with E-state index in [-0.39, 0.29) is 10.8 Å². The molecular weight excluding hydrogens is 913 g/mol. The van der Waals surface area contributed by atoms with Gasteiger partial charge in [-0.05, 0) is 187 Å². The topological polar surface area (TPSA) is 0 Å². The molecule has 0 heterocycles. The predicted octanol–water partition coefficient (Wildman–Crippen LogP) is 20.0. The number of hydrogen-bond acceptors (Lipinski definition) is 0. The largest absolute Gasteiger partial charge is 0.0725 e. The second kappa shape index (κ2) is 17.1. The second-order valence-electron chi connectivity index (χ2n) is 21.5. The minimum Gasteiger partial charge on any atom is -0.0622 e. The van der Waals surface area contributed by atoms with Crippen LogP contribution in [0.2, 0.25) is 0 Å². The fraction of sp³-hybridized carbons (Fsp3) is 0.0526. The SMILES string of the molecule is CC1(C)c2ccccc2-c2c(-c3cccc(-c4cccc(-c5cc(-c6ccccc6)cc(-c6cccc(-c7cccc(-c8cccc9c8-c8ccccc8C98c9ccccc9-c9ccccc98)c7)c6)c5)c4)c3)cccc21. The molecule has 3 aliphatic rings. The van der Waals surface area contributed by atoms with E-state index in [1.165, 1.54) is 145 Å². The number of rotatable bonds is 7. The lowest BCUT2D eigenvalue weighted by Crippen LogP contribution is -2.25. The molecule has 0 heteroatoms. The van der Waals surface area contributed by atoms with Crippen molar-refractivity contribution in [3.63, 3.8) is 0 Å². The minimum absolute atomic E-state index is 0.0491. The van der Waals surface area contributed by atoms with Crippen molar-refractivity contribution in [2.24, 2.45) is 0 Å². The molecule has 0 aliphatic heterocycles. The van der Waals surface area contributed by atoms with Gasteiger partial charge in [-0.1, -0.05) is 250 Å². The van der Waals surface area contributed by atoms with Crippen LogP contribution in [0, 0.1) is 0 Å². The van der Waals surface area contributed by atoms with Gasteiger partial charge in [0.2, 0.25) is 0 Å². The van der Waals surface area contributed by atoms with Gasteiger partial charge in [-0.15, -0.1) is 0 Å². The van der Waals surface area contributed by atoms with Crippen molar-refractivity contribution in [2.75, 3.05) is 0 Å². The van der Waals surface area contributed by atoms with Crippen molar-refractivity contribution >= 4 is 0 Å². The molecule has 0 N–H and O–H groups in total. The highest BCUT2D eigenvalue weighted by atomic mass is 14.5. The first-order chi connectivity index (χ1) is 37.4. The van der Waals surface area contributed by atoms with Crippen LogP contribution in [0.25, 0.3) is 111 Å². The third kappa shape index (κ3) is 6.63. The van der Waals surface area contributed by atoms with Gasteiger partial charge in [-0.2, -0.15) is 0 Å². The summed E-state index contributed by atoms with van der Waals surface area (Å²) in [5, 5.41) is 0. The van der Waals surface area contributed by atoms with Gasteiger partial charge >= 0.3 is 0 Å². The number of hydrogen-bond donors (Lipinski definition) is 0. The molecule has 0 amide bonds. The van der Waals surface area contributed by atoms with Crippen molar-refractivity contribution in [3.05, 3.63) is 312 Å². The molecule has 0 aromatic heterocycles. The number of benzene rings is 12. The molecule has 356 valence electrons. The van der Waals surface area contributed by atoms with Crippen LogP contribution in [0.3, 0.4) is 0 Å². The summed E-state index contributed by atoms with van der Waals surface area (Å²) in [5.74, 6) is 0. The van der Waals surface area contributed by atoms with Crippen LogP contribution in [0.4, 0.5) is 0 Å². The van der Waals surface area contributed by atoms with E-state index in [0.29, 0.717) is 0 Å². The van der Waals surface area contributed by atoms with E-state index in [0.717, 1.165) is 0 Å². The van der Waals surface area contributed by atoms with Gasteiger partial charge in [0.05, 0.1) is 5.41 Å². The summed E-state index contributed by atoms with van der Waals surface area (Å²) in [4.78, 5) is 0. The lowest BCUT2D eigenvalue weighted by Gasteiger charge is -2.30. The molecule has 1 spiro atoms. The highest BCUT2D eigenvalue weighted by Gasteiger charge is 2.52. The van der Waals surface area contributed by atoms with E-state index in [4.69, 9.17) is 0 Å². The Morgan fingerprint density at radius 2 is 0.461 bits per heavy atom. The van der Waals surface area contributed by atoms with Gasteiger partial charge in [0.25, 0.3) is 0 Å². The Bertz CT molecular complexity index is 4270. The Hall–Kier alpha value is -9.36. The minimum atomic E-state index is -0.380. The van der Waals surface area contributed by atoms with Gasteiger partial charge in [-0.25, -0.2) is 0 Å². The van der Waals surface area contributed by atoms with Gasteiger partial charge in [0, 0.05) is 5.41 Å². The Balaban J connectivity index is 0.806. The molecule has 12 aromatic carbocycles. The van der Waals surface area contributed by atoms with Crippen LogP contribution in [-0.2, 0) is 10.8 Å². The van der Waals surface area contributed by atoms with Gasteiger partial charge in [0.15, 0.2) is 0 Å². The van der Waals surface area contributed by atoms with E-state index in [9.17, 15) is 0 Å². The smallest absolute Gasteiger partial charge is 0.0622 e. The molecule has 76 heavy (non-hydrogen) atoms. The normalized spacial score (nSPS) is 13.6. The zero-order valence-corrected chi connectivity index (χ0v) is 42.6. The quantitative estimate of drug-likeness (QED) is 0.149. The maximum Gasteiger partial charge on any atom is 0.0725 e. The van der Waals surface area contributed by atoms with Crippen LogP contribution in [-0.4, -0.2) is 0 Å². The lowest BCUT2D eigenvalue weighted by atomic mass is 9.70. The van der Waals surface area contributed by atoms with Crippen LogP contribution in [0.15, 0.2) is 279 Å². The zero-order valence-electron chi connectivity index (χ0n) is 42.6. The maximum absolute atomic E-state index is 2.40. The van der Waals surface area contributed by atoms with Gasteiger partial charge < -0.3 is 0 Å². The summed E-state index contributed by atoms with van der Waals surface area (Å²) < 4.78 is 0. The Morgan fingerprint density at radius 3 is 0.961 bits per heavy atom. The molecule has 0 bridgehead atoms. The van der Waals surface area contributed by atoms with Crippen molar-refractivity contribution < 1.29 is 0 Å². The molecule has 12 aromatic rings. The third-order valence-corrected chi connectivity index (χ3v) is 17.1.